The third-order valence-electron chi connectivity index (χ3n) is 2.45. The van der Waals surface area contributed by atoms with E-state index in [-0.39, 0.29) is 22.8 Å². The molecular formula is C9H12N4O3S. The first kappa shape index (κ1) is 11.8. The van der Waals surface area contributed by atoms with E-state index in [1.54, 1.807) is 0 Å². The quantitative estimate of drug-likeness (QED) is 0.610. The molecule has 8 heteroatoms. The van der Waals surface area contributed by atoms with Gasteiger partial charge in [-0.3, -0.25) is 0 Å². The van der Waals surface area contributed by atoms with E-state index in [9.17, 15) is 4.79 Å². The Morgan fingerprint density at radius 1 is 1.53 bits per heavy atom. The van der Waals surface area contributed by atoms with E-state index >= 15 is 0 Å². The van der Waals surface area contributed by atoms with Gasteiger partial charge in [0, 0.05) is 11.5 Å². The number of nitrogens with zero attached hydrogens (tertiary/aromatic N) is 3. The molecule has 0 amide bonds. The monoisotopic (exact) mass is 256 g/mol. The normalized spacial score (nSPS) is 17.3. The summed E-state index contributed by atoms with van der Waals surface area (Å²) in [5, 5.41) is 12.8. The highest BCUT2D eigenvalue weighted by molar-refractivity contribution is 7.09. The van der Waals surface area contributed by atoms with Crippen molar-refractivity contribution in [3.05, 3.63) is 5.82 Å². The van der Waals surface area contributed by atoms with E-state index in [0.717, 1.165) is 37.2 Å². The zero-order valence-corrected chi connectivity index (χ0v) is 9.81. The van der Waals surface area contributed by atoms with Gasteiger partial charge < -0.3 is 15.7 Å². The second-order valence-electron chi connectivity index (χ2n) is 3.71. The molecule has 1 fully saturated rings. The smallest absolute Gasteiger partial charge is 0.362 e. The maximum Gasteiger partial charge on any atom is 0.362 e. The van der Waals surface area contributed by atoms with Crippen molar-refractivity contribution >= 4 is 28.3 Å². The van der Waals surface area contributed by atoms with Crippen LogP contribution in [0.15, 0.2) is 5.16 Å². The van der Waals surface area contributed by atoms with Crippen molar-refractivity contribution in [2.45, 2.75) is 31.8 Å². The van der Waals surface area contributed by atoms with E-state index in [1.807, 2.05) is 0 Å². The zero-order valence-electron chi connectivity index (χ0n) is 9.00. The molecule has 92 valence electrons. The van der Waals surface area contributed by atoms with Crippen molar-refractivity contribution in [2.75, 3.05) is 5.73 Å². The zero-order chi connectivity index (χ0) is 12.3. The fourth-order valence-electron chi connectivity index (χ4n) is 1.63. The first-order valence-electron chi connectivity index (χ1n) is 5.23. The van der Waals surface area contributed by atoms with Gasteiger partial charge in [-0.15, -0.1) is 0 Å². The fraction of sp³-hybridized carbons (Fsp3) is 0.556. The molecule has 1 aliphatic rings. The van der Waals surface area contributed by atoms with Gasteiger partial charge in [-0.25, -0.2) is 4.79 Å². The number of carbonyl (C=O) groups is 1. The third-order valence-corrected chi connectivity index (χ3v) is 2.99. The molecule has 1 heterocycles. The molecule has 0 aromatic carbocycles. The van der Waals surface area contributed by atoms with E-state index < -0.39 is 5.97 Å². The van der Waals surface area contributed by atoms with Crippen LogP contribution in [0.3, 0.4) is 0 Å². The number of rotatable bonds is 4. The molecule has 0 bridgehead atoms. The molecule has 0 aliphatic heterocycles. The standard InChI is InChI=1S/C9H12N4O3S/c10-9-11-7(13-17-9)6(8(14)15)12-16-5-3-1-2-4-5/h5H,1-4H2,(H,14,15)(H2,10,11,13). The van der Waals surface area contributed by atoms with Crippen molar-refractivity contribution in [3.8, 4) is 0 Å². The highest BCUT2D eigenvalue weighted by Crippen LogP contribution is 2.21. The number of carboxylic acid groups (broad SMARTS) is 1. The van der Waals surface area contributed by atoms with E-state index in [1.165, 1.54) is 0 Å². The third kappa shape index (κ3) is 2.90. The van der Waals surface area contributed by atoms with Gasteiger partial charge >= 0.3 is 5.97 Å². The lowest BCUT2D eigenvalue weighted by molar-refractivity contribution is -0.129. The minimum absolute atomic E-state index is 0.000308. The molecule has 3 N–H and O–H groups in total. The number of anilines is 1. The van der Waals surface area contributed by atoms with Crippen molar-refractivity contribution in [1.82, 2.24) is 9.36 Å². The number of aliphatic carboxylic acids is 1. The van der Waals surface area contributed by atoms with Crippen LogP contribution in [-0.4, -0.2) is 32.2 Å². The van der Waals surface area contributed by atoms with Crippen molar-refractivity contribution in [2.24, 2.45) is 5.16 Å². The van der Waals surface area contributed by atoms with Gasteiger partial charge in [-0.2, -0.15) is 9.36 Å². The minimum Gasteiger partial charge on any atom is -0.476 e. The van der Waals surface area contributed by atoms with Crippen LogP contribution in [0.1, 0.15) is 31.5 Å². The molecule has 1 aromatic rings. The average Bonchev–Trinajstić information content (AvgIpc) is 2.90. The van der Waals surface area contributed by atoms with Gasteiger partial charge in [-0.05, 0) is 25.7 Å². The van der Waals surface area contributed by atoms with Gasteiger partial charge in [0.15, 0.2) is 5.13 Å². The maximum absolute atomic E-state index is 11.0. The molecule has 7 nitrogen and oxygen atoms in total. The largest absolute Gasteiger partial charge is 0.476 e. The average molecular weight is 256 g/mol. The number of hydrogen-bond donors (Lipinski definition) is 2. The summed E-state index contributed by atoms with van der Waals surface area (Å²) in [5.41, 5.74) is 5.09. The van der Waals surface area contributed by atoms with Crippen molar-refractivity contribution < 1.29 is 14.7 Å². The van der Waals surface area contributed by atoms with Crippen LogP contribution >= 0.6 is 11.5 Å². The van der Waals surface area contributed by atoms with Crippen molar-refractivity contribution in [3.63, 3.8) is 0 Å². The summed E-state index contributed by atoms with van der Waals surface area (Å²) >= 11 is 0.925. The molecule has 1 aromatic heterocycles. The molecule has 0 spiro atoms. The van der Waals surface area contributed by atoms with Gasteiger partial charge in [0.05, 0.1) is 0 Å². The highest BCUT2D eigenvalue weighted by Gasteiger charge is 2.21. The topological polar surface area (TPSA) is 111 Å². The number of aromatic nitrogens is 2. The summed E-state index contributed by atoms with van der Waals surface area (Å²) in [6.45, 7) is 0. The molecular weight excluding hydrogens is 244 g/mol. The maximum atomic E-state index is 11.0. The second kappa shape index (κ2) is 5.09. The summed E-state index contributed by atoms with van der Waals surface area (Å²) in [5.74, 6) is -1.22. The lowest BCUT2D eigenvalue weighted by Gasteiger charge is -2.06. The van der Waals surface area contributed by atoms with Crippen LogP contribution < -0.4 is 5.73 Å². The summed E-state index contributed by atoms with van der Waals surface area (Å²) in [6, 6.07) is 0. The Hall–Kier alpha value is -1.70. The van der Waals surface area contributed by atoms with Gasteiger partial charge in [0.25, 0.3) is 0 Å². The molecule has 0 radical (unpaired) electrons. The number of carboxylic acids is 1. The summed E-state index contributed by atoms with van der Waals surface area (Å²) in [7, 11) is 0. The van der Waals surface area contributed by atoms with Crippen molar-refractivity contribution in [1.29, 1.82) is 0 Å². The number of nitrogens with two attached hydrogens (primary N) is 1. The molecule has 1 aliphatic carbocycles. The van der Waals surface area contributed by atoms with E-state index in [2.05, 4.69) is 14.5 Å². The Bertz CT molecular complexity index is 439. The van der Waals surface area contributed by atoms with Gasteiger partial charge in [-0.1, -0.05) is 5.16 Å². The number of nitrogen functional groups attached to an aromatic ring is 1. The molecule has 17 heavy (non-hydrogen) atoms. The lowest BCUT2D eigenvalue weighted by Crippen LogP contribution is -2.18. The summed E-state index contributed by atoms with van der Waals surface area (Å²) < 4.78 is 3.80. The molecule has 0 unspecified atom stereocenters. The Morgan fingerprint density at radius 2 is 2.24 bits per heavy atom. The van der Waals surface area contributed by atoms with E-state index in [0.29, 0.717) is 0 Å². The Labute approximate surface area is 101 Å². The molecule has 0 atom stereocenters. The predicted octanol–water partition coefficient (Wildman–Crippen LogP) is 0.868. The van der Waals surface area contributed by atoms with Crippen LogP contribution in [0.4, 0.5) is 5.13 Å². The van der Waals surface area contributed by atoms with Crippen LogP contribution in [0.5, 0.6) is 0 Å². The second-order valence-corrected chi connectivity index (χ2v) is 4.50. The van der Waals surface area contributed by atoms with Crippen LogP contribution in [-0.2, 0) is 9.63 Å². The first-order chi connectivity index (χ1) is 8.16. The Morgan fingerprint density at radius 3 is 2.76 bits per heavy atom. The molecule has 0 saturated heterocycles. The lowest BCUT2D eigenvalue weighted by atomic mass is 10.3. The van der Waals surface area contributed by atoms with Gasteiger partial charge in [0.1, 0.15) is 6.10 Å². The number of oxime groups is 1. The summed E-state index contributed by atoms with van der Waals surface area (Å²) in [6.07, 6.45) is 3.99. The first-order valence-corrected chi connectivity index (χ1v) is 6.01. The fourth-order valence-corrected chi connectivity index (χ4v) is 2.06. The van der Waals surface area contributed by atoms with E-state index in [4.69, 9.17) is 15.7 Å². The van der Waals surface area contributed by atoms with Gasteiger partial charge in [0.2, 0.25) is 11.5 Å². The Balaban J connectivity index is 2.11. The minimum atomic E-state index is -1.22. The van der Waals surface area contributed by atoms with Crippen LogP contribution in [0.25, 0.3) is 0 Å². The van der Waals surface area contributed by atoms with Crippen LogP contribution in [0.2, 0.25) is 0 Å². The summed E-state index contributed by atoms with van der Waals surface area (Å²) in [4.78, 5) is 19.9. The SMILES string of the molecule is Nc1nc(C(=NOC2CCCC2)C(=O)O)ns1. The Kier molecular flexibility index (Phi) is 3.52. The predicted molar refractivity (Wildman–Crippen MR) is 61.8 cm³/mol. The number of hydrogen-bond acceptors (Lipinski definition) is 7. The van der Waals surface area contributed by atoms with Crippen LogP contribution in [0, 0.1) is 0 Å². The molecule has 1 saturated carbocycles. The highest BCUT2D eigenvalue weighted by atomic mass is 32.1. The molecule has 2 rings (SSSR count).